The molecule has 114 valence electrons. The number of phenolic OH excluding ortho intramolecular Hbond substituents is 1. The number of benzene rings is 1. The van der Waals surface area contributed by atoms with Gasteiger partial charge >= 0.3 is 11.9 Å². The highest BCUT2D eigenvalue weighted by Crippen LogP contribution is 2.35. The molecule has 0 radical (unpaired) electrons. The SMILES string of the molecule is CCOC(=O)C(F)(F)[C@H](N)c1cc(I)c(O)c(I)c1.Cl. The number of nitrogens with two attached hydrogens (primary N) is 1. The third-order valence-electron chi connectivity index (χ3n) is 2.34. The maximum atomic E-state index is 13.8. The molecule has 20 heavy (non-hydrogen) atoms. The minimum Gasteiger partial charge on any atom is -0.506 e. The van der Waals surface area contributed by atoms with Crippen LogP contribution in [0.25, 0.3) is 0 Å². The van der Waals surface area contributed by atoms with E-state index < -0.39 is 17.9 Å². The molecule has 0 fully saturated rings. The first-order valence-corrected chi connectivity index (χ1v) is 7.36. The topological polar surface area (TPSA) is 72.5 Å². The minimum atomic E-state index is -3.82. The summed E-state index contributed by atoms with van der Waals surface area (Å²) in [6, 6.07) is 0.806. The van der Waals surface area contributed by atoms with Gasteiger partial charge in [0.05, 0.1) is 13.7 Å². The Balaban J connectivity index is 0.00000361. The van der Waals surface area contributed by atoms with Crippen LogP contribution in [0.1, 0.15) is 18.5 Å². The first-order chi connectivity index (χ1) is 8.71. The van der Waals surface area contributed by atoms with E-state index in [9.17, 15) is 18.7 Å². The number of carbonyl (C=O) groups is 1. The van der Waals surface area contributed by atoms with E-state index >= 15 is 0 Å². The fourth-order valence-electron chi connectivity index (χ4n) is 1.33. The lowest BCUT2D eigenvalue weighted by Gasteiger charge is -2.22. The second-order valence-corrected chi connectivity index (χ2v) is 5.98. The van der Waals surface area contributed by atoms with Gasteiger partial charge in [-0.1, -0.05) is 0 Å². The molecule has 0 bridgehead atoms. The molecule has 1 aromatic carbocycles. The molecule has 1 aromatic rings. The van der Waals surface area contributed by atoms with Gasteiger partial charge in [0.1, 0.15) is 11.8 Å². The smallest absolute Gasteiger partial charge is 0.379 e. The van der Waals surface area contributed by atoms with E-state index in [0.717, 1.165) is 0 Å². The zero-order valence-corrected chi connectivity index (χ0v) is 15.3. The molecule has 0 heterocycles. The number of phenols is 1. The van der Waals surface area contributed by atoms with Crippen molar-refractivity contribution >= 4 is 63.6 Å². The second kappa shape index (κ2) is 7.90. The van der Waals surface area contributed by atoms with E-state index in [2.05, 4.69) is 4.74 Å². The van der Waals surface area contributed by atoms with Crippen LogP contribution in [0.3, 0.4) is 0 Å². The number of aromatic hydroxyl groups is 1. The summed E-state index contributed by atoms with van der Waals surface area (Å²) in [5.74, 6) is -5.48. The van der Waals surface area contributed by atoms with Crippen LogP contribution in [0, 0.1) is 7.14 Å². The molecular formula is C11H12ClF2I2NO3. The molecule has 0 unspecified atom stereocenters. The number of hydrogen-bond acceptors (Lipinski definition) is 4. The average molecular weight is 533 g/mol. The summed E-state index contributed by atoms with van der Waals surface area (Å²) in [6.07, 6.45) is 0. The highest BCUT2D eigenvalue weighted by Gasteiger charge is 2.48. The number of hydrogen-bond donors (Lipinski definition) is 2. The summed E-state index contributed by atoms with van der Waals surface area (Å²) >= 11 is 3.60. The Morgan fingerprint density at radius 1 is 1.45 bits per heavy atom. The summed E-state index contributed by atoms with van der Waals surface area (Å²) in [5, 5.41) is 9.57. The van der Waals surface area contributed by atoms with E-state index in [1.54, 1.807) is 45.2 Å². The lowest BCUT2D eigenvalue weighted by Crippen LogP contribution is -2.41. The van der Waals surface area contributed by atoms with Gasteiger partial charge in [-0.3, -0.25) is 0 Å². The number of halogens is 5. The Morgan fingerprint density at radius 2 is 1.90 bits per heavy atom. The van der Waals surface area contributed by atoms with Gasteiger partial charge in [-0.15, -0.1) is 12.4 Å². The summed E-state index contributed by atoms with van der Waals surface area (Å²) in [5.41, 5.74) is 5.51. The van der Waals surface area contributed by atoms with Crippen molar-refractivity contribution in [1.29, 1.82) is 0 Å². The van der Waals surface area contributed by atoms with Crippen LogP contribution in [0.4, 0.5) is 8.78 Å². The highest BCUT2D eigenvalue weighted by atomic mass is 127. The molecule has 0 aliphatic carbocycles. The summed E-state index contributed by atoms with van der Waals surface area (Å²) < 4.78 is 32.6. The van der Waals surface area contributed by atoms with Gasteiger partial charge in [0.25, 0.3) is 0 Å². The molecule has 0 amide bonds. The standard InChI is InChI=1S/C11H11F2I2NO3.ClH/c1-2-19-10(18)11(12,13)9(16)5-3-6(14)8(17)7(15)4-5;/h3-4,9,17H,2,16H2,1H3;1H/t9-;/m1./s1. The van der Waals surface area contributed by atoms with Crippen molar-refractivity contribution in [2.75, 3.05) is 6.61 Å². The van der Waals surface area contributed by atoms with Crippen LogP contribution < -0.4 is 5.73 Å². The van der Waals surface area contributed by atoms with E-state index in [-0.39, 0.29) is 30.3 Å². The highest BCUT2D eigenvalue weighted by molar-refractivity contribution is 14.1. The zero-order valence-electron chi connectivity index (χ0n) is 10.2. The number of esters is 1. The van der Waals surface area contributed by atoms with Gasteiger partial charge < -0.3 is 15.6 Å². The molecule has 0 spiro atoms. The molecule has 0 saturated heterocycles. The van der Waals surface area contributed by atoms with Crippen molar-refractivity contribution in [1.82, 2.24) is 0 Å². The molecule has 1 rings (SSSR count). The Bertz CT molecular complexity index is 480. The van der Waals surface area contributed by atoms with Gasteiger partial charge in [-0.25, -0.2) is 4.79 Å². The van der Waals surface area contributed by atoms with Crippen LogP contribution in [0.15, 0.2) is 12.1 Å². The third kappa shape index (κ3) is 4.28. The van der Waals surface area contributed by atoms with Crippen LogP contribution in [-0.4, -0.2) is 23.6 Å². The first kappa shape index (κ1) is 20.1. The predicted molar refractivity (Wildman–Crippen MR) is 89.3 cm³/mol. The normalized spacial score (nSPS) is 12.5. The predicted octanol–water partition coefficient (Wildman–Crippen LogP) is 3.22. The van der Waals surface area contributed by atoms with Crippen LogP contribution in [0.2, 0.25) is 0 Å². The molecule has 0 aliphatic rings. The van der Waals surface area contributed by atoms with Crippen molar-refractivity contribution in [3.05, 3.63) is 24.8 Å². The van der Waals surface area contributed by atoms with E-state index in [4.69, 9.17) is 5.73 Å². The van der Waals surface area contributed by atoms with E-state index in [0.29, 0.717) is 7.14 Å². The Hall–Kier alpha value is 0.0600. The molecule has 4 nitrogen and oxygen atoms in total. The summed E-state index contributed by atoms with van der Waals surface area (Å²) in [7, 11) is 0. The fourth-order valence-corrected chi connectivity index (χ4v) is 3.14. The van der Waals surface area contributed by atoms with Gasteiger partial charge in [0.15, 0.2) is 0 Å². The largest absolute Gasteiger partial charge is 0.506 e. The molecule has 0 saturated carbocycles. The van der Waals surface area contributed by atoms with Crippen molar-refractivity contribution in [3.63, 3.8) is 0 Å². The minimum absolute atomic E-state index is 0. The number of carbonyl (C=O) groups excluding carboxylic acids is 1. The van der Waals surface area contributed by atoms with Crippen LogP contribution >= 0.6 is 57.6 Å². The Labute approximate surface area is 148 Å². The molecular weight excluding hydrogens is 521 g/mol. The van der Waals surface area contributed by atoms with E-state index in [1.807, 2.05) is 0 Å². The van der Waals surface area contributed by atoms with Crippen molar-refractivity contribution < 1.29 is 23.4 Å². The van der Waals surface area contributed by atoms with Gasteiger partial charge in [-0.2, -0.15) is 8.78 Å². The van der Waals surface area contributed by atoms with Crippen molar-refractivity contribution in [2.45, 2.75) is 18.9 Å². The molecule has 1 atom stereocenters. The maximum absolute atomic E-state index is 13.8. The molecule has 0 aliphatic heterocycles. The molecule has 9 heteroatoms. The number of ether oxygens (including phenoxy) is 1. The average Bonchev–Trinajstić information content (AvgIpc) is 2.34. The van der Waals surface area contributed by atoms with Crippen LogP contribution in [-0.2, 0) is 9.53 Å². The zero-order chi connectivity index (χ0) is 14.8. The number of rotatable bonds is 4. The van der Waals surface area contributed by atoms with E-state index in [1.165, 1.54) is 19.1 Å². The van der Waals surface area contributed by atoms with Crippen LogP contribution in [0.5, 0.6) is 5.75 Å². The van der Waals surface area contributed by atoms with Gasteiger partial charge in [0.2, 0.25) is 0 Å². The Morgan fingerprint density at radius 3 is 2.30 bits per heavy atom. The summed E-state index contributed by atoms with van der Waals surface area (Å²) in [4.78, 5) is 11.2. The third-order valence-corrected chi connectivity index (χ3v) is 3.98. The lowest BCUT2D eigenvalue weighted by atomic mass is 10.0. The maximum Gasteiger partial charge on any atom is 0.379 e. The van der Waals surface area contributed by atoms with Gasteiger partial charge in [-0.05, 0) is 69.8 Å². The molecule has 0 aromatic heterocycles. The lowest BCUT2D eigenvalue weighted by molar-refractivity contribution is -0.174. The fraction of sp³-hybridized carbons (Fsp3) is 0.364. The molecule has 3 N–H and O–H groups in total. The monoisotopic (exact) mass is 533 g/mol. The van der Waals surface area contributed by atoms with Gasteiger partial charge in [0, 0.05) is 0 Å². The summed E-state index contributed by atoms with van der Waals surface area (Å²) in [6.45, 7) is 1.29. The quantitative estimate of drug-likeness (QED) is 0.461. The van der Waals surface area contributed by atoms with Crippen molar-refractivity contribution in [2.24, 2.45) is 5.73 Å². The first-order valence-electron chi connectivity index (χ1n) is 5.20. The Kier molecular flexibility index (Phi) is 7.92. The second-order valence-electron chi connectivity index (χ2n) is 3.65. The number of alkyl halides is 2. The van der Waals surface area contributed by atoms with Crippen molar-refractivity contribution in [3.8, 4) is 5.75 Å².